The van der Waals surface area contributed by atoms with Gasteiger partial charge < -0.3 is 5.11 Å². The van der Waals surface area contributed by atoms with Gasteiger partial charge in [-0.2, -0.15) is 0 Å². The molecular formula is C17H22BrNO2. The molecule has 1 aliphatic carbocycles. The number of nitrogens with zero attached hydrogens (tertiary/aromatic N) is 1. The van der Waals surface area contributed by atoms with Crippen molar-refractivity contribution < 1.29 is 9.90 Å². The van der Waals surface area contributed by atoms with Gasteiger partial charge in [0.05, 0.1) is 0 Å². The third-order valence-electron chi connectivity index (χ3n) is 5.10. The summed E-state index contributed by atoms with van der Waals surface area (Å²) in [4.78, 5) is 13.9. The van der Waals surface area contributed by atoms with Crippen molar-refractivity contribution in [1.82, 2.24) is 4.90 Å². The number of hydrogen-bond acceptors (Lipinski definition) is 2. The summed E-state index contributed by atoms with van der Waals surface area (Å²) in [5, 5.41) is 9.59. The third kappa shape index (κ3) is 3.16. The van der Waals surface area contributed by atoms with Gasteiger partial charge in [0.2, 0.25) is 0 Å². The predicted octanol–water partition coefficient (Wildman–Crippen LogP) is 4.06. The average Bonchev–Trinajstić information content (AvgIpc) is 2.49. The highest BCUT2D eigenvalue weighted by Crippen LogP contribution is 2.39. The number of carboxylic acids is 1. The van der Waals surface area contributed by atoms with E-state index in [-0.39, 0.29) is 6.04 Å². The van der Waals surface area contributed by atoms with Crippen molar-refractivity contribution in [2.24, 2.45) is 5.92 Å². The Morgan fingerprint density at radius 1 is 1.19 bits per heavy atom. The molecule has 21 heavy (non-hydrogen) atoms. The van der Waals surface area contributed by atoms with Crippen LogP contribution in [0.1, 0.15) is 44.1 Å². The Labute approximate surface area is 134 Å². The molecule has 4 heteroatoms. The van der Waals surface area contributed by atoms with Crippen molar-refractivity contribution in [2.45, 2.75) is 57.2 Å². The molecule has 1 aromatic carbocycles. The van der Waals surface area contributed by atoms with Gasteiger partial charge in [0, 0.05) is 17.1 Å². The summed E-state index contributed by atoms with van der Waals surface area (Å²) in [7, 11) is 0. The van der Waals surface area contributed by atoms with Crippen LogP contribution in [0.15, 0.2) is 28.7 Å². The summed E-state index contributed by atoms with van der Waals surface area (Å²) in [5.74, 6) is 0.0305. The first-order valence-corrected chi connectivity index (χ1v) is 8.68. The molecule has 3 unspecified atom stereocenters. The lowest BCUT2D eigenvalue weighted by Gasteiger charge is -2.47. The Hall–Kier alpha value is -0.870. The first-order chi connectivity index (χ1) is 10.2. The van der Waals surface area contributed by atoms with Gasteiger partial charge in [0.15, 0.2) is 0 Å². The first-order valence-electron chi connectivity index (χ1n) is 7.89. The second-order valence-electron chi connectivity index (χ2n) is 6.31. The zero-order valence-electron chi connectivity index (χ0n) is 12.2. The number of rotatable bonds is 3. The van der Waals surface area contributed by atoms with Gasteiger partial charge in [0.25, 0.3) is 0 Å². The highest BCUT2D eigenvalue weighted by Gasteiger charge is 2.41. The van der Waals surface area contributed by atoms with Gasteiger partial charge in [-0.1, -0.05) is 47.0 Å². The fourth-order valence-electron chi connectivity index (χ4n) is 4.05. The van der Waals surface area contributed by atoms with Gasteiger partial charge in [-0.3, -0.25) is 9.69 Å². The number of halogens is 1. The Bertz CT molecular complexity index is 519. The molecule has 3 atom stereocenters. The normalized spacial score (nSPS) is 29.9. The minimum atomic E-state index is -0.661. The predicted molar refractivity (Wildman–Crippen MR) is 86.1 cm³/mol. The minimum absolute atomic E-state index is 0.323. The van der Waals surface area contributed by atoms with Crippen LogP contribution in [0.25, 0.3) is 0 Å². The second kappa shape index (κ2) is 6.49. The monoisotopic (exact) mass is 351 g/mol. The average molecular weight is 352 g/mol. The van der Waals surface area contributed by atoms with Gasteiger partial charge in [-0.25, -0.2) is 0 Å². The quantitative estimate of drug-likeness (QED) is 0.892. The van der Waals surface area contributed by atoms with E-state index in [1.54, 1.807) is 0 Å². The smallest absolute Gasteiger partial charge is 0.320 e. The number of hydrogen-bond donors (Lipinski definition) is 1. The van der Waals surface area contributed by atoms with E-state index in [1.807, 2.05) is 18.2 Å². The fourth-order valence-corrected chi connectivity index (χ4v) is 4.46. The van der Waals surface area contributed by atoms with E-state index < -0.39 is 5.97 Å². The fraction of sp³-hybridized carbons (Fsp3) is 0.588. The highest BCUT2D eigenvalue weighted by atomic mass is 79.9. The maximum Gasteiger partial charge on any atom is 0.320 e. The van der Waals surface area contributed by atoms with Crippen molar-refractivity contribution in [2.75, 3.05) is 0 Å². The van der Waals surface area contributed by atoms with Gasteiger partial charge in [0.1, 0.15) is 6.04 Å². The number of likely N-dealkylation sites (tertiary alicyclic amines) is 1. The molecule has 1 N–H and O–H groups in total. The van der Waals surface area contributed by atoms with Crippen molar-refractivity contribution in [3.8, 4) is 0 Å². The van der Waals surface area contributed by atoms with Crippen molar-refractivity contribution in [3.63, 3.8) is 0 Å². The molecule has 0 bridgehead atoms. The molecule has 0 spiro atoms. The summed E-state index contributed by atoms with van der Waals surface area (Å²) in [6, 6.07) is 8.28. The molecule has 3 nitrogen and oxygen atoms in total. The maximum atomic E-state index is 11.7. The van der Waals surface area contributed by atoms with Crippen LogP contribution in [0.4, 0.5) is 0 Å². The lowest BCUT2D eigenvalue weighted by atomic mass is 9.76. The summed E-state index contributed by atoms with van der Waals surface area (Å²) in [6.45, 7) is 0.736. The molecule has 1 saturated carbocycles. The van der Waals surface area contributed by atoms with Crippen molar-refractivity contribution in [1.29, 1.82) is 0 Å². The molecule has 1 aliphatic heterocycles. The zero-order valence-corrected chi connectivity index (χ0v) is 13.8. The van der Waals surface area contributed by atoms with Crippen LogP contribution in [-0.2, 0) is 11.3 Å². The number of fused-ring (bicyclic) bond motifs is 1. The number of benzene rings is 1. The van der Waals surface area contributed by atoms with Gasteiger partial charge in [-0.05, 0) is 43.2 Å². The molecule has 0 radical (unpaired) electrons. The van der Waals surface area contributed by atoms with Gasteiger partial charge >= 0.3 is 5.97 Å². The van der Waals surface area contributed by atoms with Crippen LogP contribution >= 0.6 is 15.9 Å². The van der Waals surface area contributed by atoms with Crippen LogP contribution in [0.5, 0.6) is 0 Å². The molecule has 0 amide bonds. The molecular weight excluding hydrogens is 330 g/mol. The van der Waals surface area contributed by atoms with Crippen LogP contribution < -0.4 is 0 Å². The summed E-state index contributed by atoms with van der Waals surface area (Å²) >= 11 is 3.59. The SMILES string of the molecule is O=C(O)C1CCC2CCCCC2N1Cc1ccccc1Br. The van der Waals surface area contributed by atoms with E-state index >= 15 is 0 Å². The molecule has 2 aliphatic rings. The minimum Gasteiger partial charge on any atom is -0.480 e. The highest BCUT2D eigenvalue weighted by molar-refractivity contribution is 9.10. The molecule has 1 heterocycles. The van der Waals surface area contributed by atoms with Crippen molar-refractivity contribution >= 4 is 21.9 Å². The molecule has 0 aromatic heterocycles. The van der Waals surface area contributed by atoms with Crippen LogP contribution in [0, 0.1) is 5.92 Å². The van der Waals surface area contributed by atoms with E-state index in [0.717, 1.165) is 30.3 Å². The Kier molecular flexibility index (Phi) is 4.65. The van der Waals surface area contributed by atoms with Crippen LogP contribution in [-0.4, -0.2) is 28.1 Å². The summed E-state index contributed by atoms with van der Waals surface area (Å²) in [5.41, 5.74) is 1.19. The number of aliphatic carboxylic acids is 1. The largest absolute Gasteiger partial charge is 0.480 e. The zero-order chi connectivity index (χ0) is 14.8. The van der Waals surface area contributed by atoms with Crippen LogP contribution in [0.3, 0.4) is 0 Å². The topological polar surface area (TPSA) is 40.5 Å². The number of piperidine rings is 1. The Balaban J connectivity index is 1.85. The van der Waals surface area contributed by atoms with Crippen molar-refractivity contribution in [3.05, 3.63) is 34.3 Å². The molecule has 114 valence electrons. The lowest BCUT2D eigenvalue weighted by Crippen LogP contribution is -2.54. The number of carbonyl (C=O) groups is 1. The van der Waals surface area contributed by atoms with E-state index in [1.165, 1.54) is 24.8 Å². The molecule has 1 saturated heterocycles. The van der Waals surface area contributed by atoms with E-state index in [9.17, 15) is 9.90 Å². The van der Waals surface area contributed by atoms with Crippen LogP contribution in [0.2, 0.25) is 0 Å². The lowest BCUT2D eigenvalue weighted by molar-refractivity contribution is -0.148. The Morgan fingerprint density at radius 2 is 1.95 bits per heavy atom. The number of carboxylic acid groups (broad SMARTS) is 1. The summed E-state index contributed by atoms with van der Waals surface area (Å²) < 4.78 is 1.08. The third-order valence-corrected chi connectivity index (χ3v) is 5.88. The second-order valence-corrected chi connectivity index (χ2v) is 7.16. The molecule has 1 aromatic rings. The first kappa shape index (κ1) is 15.0. The molecule has 2 fully saturated rings. The molecule has 3 rings (SSSR count). The van der Waals surface area contributed by atoms with Gasteiger partial charge in [-0.15, -0.1) is 0 Å². The standard InChI is InChI=1S/C17H22BrNO2/c18-14-7-3-1-6-13(14)11-19-15-8-4-2-5-12(15)9-10-16(19)17(20)21/h1,3,6-7,12,15-16H,2,4-5,8-11H2,(H,20,21). The summed E-state index contributed by atoms with van der Waals surface area (Å²) in [6.07, 6.45) is 6.83. The van der Waals surface area contributed by atoms with E-state index in [2.05, 4.69) is 26.9 Å². The van der Waals surface area contributed by atoms with E-state index in [4.69, 9.17) is 0 Å². The Morgan fingerprint density at radius 3 is 2.71 bits per heavy atom. The maximum absolute atomic E-state index is 11.7. The van der Waals surface area contributed by atoms with E-state index in [0.29, 0.717) is 12.0 Å².